The van der Waals surface area contributed by atoms with Crippen LogP contribution in [0.2, 0.25) is 0 Å². The molecule has 9 heteroatoms. The Morgan fingerprint density at radius 1 is 0.923 bits per heavy atom. The standard InChI is InChI=1S/C30H37FN4O3S/c31-24-16-26(21-32-20-24)39(37,38)25-11-9-22(10-12-25)18-33-29(36)27-15-23-19-34-30(17-28(23)35-27)13-7-5-3-1-2-4-6-8-14-30/h9-12,15-16,20-21,34-35H,1-8,13-14,17-19H2,(H,33,36). The summed E-state index contributed by atoms with van der Waals surface area (Å²) >= 11 is 0. The zero-order valence-electron chi connectivity index (χ0n) is 22.3. The van der Waals surface area contributed by atoms with Crippen molar-refractivity contribution in [2.45, 2.75) is 99.0 Å². The Hall–Kier alpha value is -3.04. The van der Waals surface area contributed by atoms with Crippen LogP contribution in [-0.4, -0.2) is 29.8 Å². The summed E-state index contributed by atoms with van der Waals surface area (Å²) in [5, 5.41) is 6.78. The first kappa shape index (κ1) is 27.5. The van der Waals surface area contributed by atoms with Gasteiger partial charge in [-0.1, -0.05) is 63.5 Å². The number of sulfone groups is 1. The maximum Gasteiger partial charge on any atom is 0.267 e. The van der Waals surface area contributed by atoms with Crippen LogP contribution in [0, 0.1) is 5.82 Å². The van der Waals surface area contributed by atoms with Gasteiger partial charge in [0.1, 0.15) is 11.5 Å². The van der Waals surface area contributed by atoms with Crippen LogP contribution in [0.15, 0.2) is 58.6 Å². The number of pyridine rings is 1. The van der Waals surface area contributed by atoms with E-state index in [-0.39, 0.29) is 27.8 Å². The van der Waals surface area contributed by atoms with E-state index < -0.39 is 15.7 Å². The van der Waals surface area contributed by atoms with Crippen LogP contribution < -0.4 is 10.6 Å². The molecular weight excluding hydrogens is 515 g/mol. The number of nitrogens with zero attached hydrogens (tertiary/aromatic N) is 1. The van der Waals surface area contributed by atoms with Crippen LogP contribution in [0.25, 0.3) is 0 Å². The molecule has 0 saturated heterocycles. The summed E-state index contributed by atoms with van der Waals surface area (Å²) < 4.78 is 39.0. The van der Waals surface area contributed by atoms with Crippen molar-refractivity contribution in [3.05, 3.63) is 77.1 Å². The molecule has 1 saturated carbocycles. The molecule has 1 amide bonds. The van der Waals surface area contributed by atoms with E-state index in [9.17, 15) is 17.6 Å². The molecule has 1 aliphatic heterocycles. The molecule has 0 radical (unpaired) electrons. The summed E-state index contributed by atoms with van der Waals surface area (Å²) in [5.74, 6) is -0.901. The van der Waals surface area contributed by atoms with Crippen LogP contribution in [0.5, 0.6) is 0 Å². The molecule has 5 rings (SSSR count). The number of benzene rings is 1. The molecule has 1 fully saturated rings. The molecular formula is C30H37FN4O3S. The van der Waals surface area contributed by atoms with Crippen LogP contribution in [0.4, 0.5) is 4.39 Å². The van der Waals surface area contributed by atoms with Gasteiger partial charge in [-0.2, -0.15) is 0 Å². The van der Waals surface area contributed by atoms with Crippen molar-refractivity contribution in [3.63, 3.8) is 0 Å². The molecule has 39 heavy (non-hydrogen) atoms. The second-order valence-electron chi connectivity index (χ2n) is 11.0. The van der Waals surface area contributed by atoms with E-state index in [0.717, 1.165) is 48.2 Å². The maximum absolute atomic E-state index is 13.5. The van der Waals surface area contributed by atoms with Crippen LogP contribution in [0.3, 0.4) is 0 Å². The monoisotopic (exact) mass is 552 g/mol. The molecule has 1 spiro atoms. The SMILES string of the molecule is O=C(NCc1ccc(S(=O)(=O)c2cncc(F)c2)cc1)c1cc2c([nH]1)CC1(CCCCCCCCCC1)NC2. The average Bonchev–Trinajstić information content (AvgIpc) is 3.34. The van der Waals surface area contributed by atoms with E-state index in [4.69, 9.17) is 0 Å². The summed E-state index contributed by atoms with van der Waals surface area (Å²) in [4.78, 5) is 19.8. The molecule has 2 aliphatic rings. The van der Waals surface area contributed by atoms with Gasteiger partial charge in [0.05, 0.1) is 16.0 Å². The van der Waals surface area contributed by atoms with Crippen molar-refractivity contribution >= 4 is 15.7 Å². The zero-order chi connectivity index (χ0) is 27.3. The molecule has 1 aromatic carbocycles. The number of halogens is 1. The fourth-order valence-electron chi connectivity index (χ4n) is 5.87. The number of nitrogens with one attached hydrogen (secondary N) is 3. The van der Waals surface area contributed by atoms with Gasteiger partial charge in [0.25, 0.3) is 5.91 Å². The highest BCUT2D eigenvalue weighted by Gasteiger charge is 2.34. The van der Waals surface area contributed by atoms with Gasteiger partial charge in [-0.25, -0.2) is 12.8 Å². The predicted octanol–water partition coefficient (Wildman–Crippen LogP) is 5.61. The Bertz CT molecular complexity index is 1390. The lowest BCUT2D eigenvalue weighted by Crippen LogP contribution is -2.49. The van der Waals surface area contributed by atoms with E-state index >= 15 is 0 Å². The number of amides is 1. The number of aromatic nitrogens is 2. The van der Waals surface area contributed by atoms with Crippen LogP contribution in [-0.2, 0) is 29.3 Å². The molecule has 3 aromatic rings. The lowest BCUT2D eigenvalue weighted by molar-refractivity contribution is 0.0946. The highest BCUT2D eigenvalue weighted by molar-refractivity contribution is 7.91. The molecule has 0 bridgehead atoms. The van der Waals surface area contributed by atoms with E-state index in [1.54, 1.807) is 12.1 Å². The minimum absolute atomic E-state index is 0.0413. The maximum atomic E-state index is 13.5. The fourth-order valence-corrected chi connectivity index (χ4v) is 7.10. The van der Waals surface area contributed by atoms with Crippen molar-refractivity contribution < 1.29 is 17.6 Å². The molecule has 3 heterocycles. The highest BCUT2D eigenvalue weighted by Crippen LogP contribution is 2.33. The Morgan fingerprint density at radius 2 is 1.59 bits per heavy atom. The zero-order valence-corrected chi connectivity index (χ0v) is 23.1. The number of H-pyrrole nitrogens is 1. The van der Waals surface area contributed by atoms with Gasteiger partial charge >= 0.3 is 0 Å². The van der Waals surface area contributed by atoms with E-state index in [1.807, 2.05) is 6.07 Å². The second-order valence-corrected chi connectivity index (χ2v) is 12.9. The molecule has 0 unspecified atom stereocenters. The quantitative estimate of drug-likeness (QED) is 0.382. The Balaban J connectivity index is 1.20. The fraction of sp³-hybridized carbons (Fsp3) is 0.467. The molecule has 1 aliphatic carbocycles. The van der Waals surface area contributed by atoms with E-state index in [2.05, 4.69) is 20.6 Å². The largest absolute Gasteiger partial charge is 0.354 e. The number of hydrogen-bond acceptors (Lipinski definition) is 5. The topological polar surface area (TPSA) is 104 Å². The molecule has 208 valence electrons. The number of carbonyl (C=O) groups excluding carboxylic acids is 1. The summed E-state index contributed by atoms with van der Waals surface area (Å²) in [5.41, 5.74) is 3.73. The lowest BCUT2D eigenvalue weighted by Gasteiger charge is -2.39. The molecule has 3 N–H and O–H groups in total. The Morgan fingerprint density at radius 3 is 2.26 bits per heavy atom. The van der Waals surface area contributed by atoms with Gasteiger partial charge in [-0.3, -0.25) is 9.78 Å². The number of aromatic amines is 1. The van der Waals surface area contributed by atoms with Gasteiger partial charge in [-0.05, 0) is 48.2 Å². The second kappa shape index (κ2) is 12.0. The molecule has 7 nitrogen and oxygen atoms in total. The number of hydrogen-bond donors (Lipinski definition) is 3. The highest BCUT2D eigenvalue weighted by atomic mass is 32.2. The summed E-state index contributed by atoms with van der Waals surface area (Å²) in [6.45, 7) is 1.03. The smallest absolute Gasteiger partial charge is 0.267 e. The minimum Gasteiger partial charge on any atom is -0.354 e. The van der Waals surface area contributed by atoms with Crippen LogP contribution >= 0.6 is 0 Å². The molecule has 2 aromatic heterocycles. The predicted molar refractivity (Wildman–Crippen MR) is 147 cm³/mol. The average molecular weight is 553 g/mol. The number of carbonyl (C=O) groups is 1. The van der Waals surface area contributed by atoms with Crippen LogP contribution in [0.1, 0.15) is 91.5 Å². The first-order valence-corrected chi connectivity index (χ1v) is 15.5. The van der Waals surface area contributed by atoms with Crippen molar-refractivity contribution in [3.8, 4) is 0 Å². The third kappa shape index (κ3) is 6.58. The third-order valence-corrected chi connectivity index (χ3v) is 9.88. The third-order valence-electron chi connectivity index (χ3n) is 8.14. The van der Waals surface area contributed by atoms with Gasteiger partial charge in [0, 0.05) is 36.9 Å². The number of fused-ring (bicyclic) bond motifs is 1. The summed E-state index contributed by atoms with van der Waals surface area (Å²) in [7, 11) is -3.88. The normalized spacial score (nSPS) is 18.2. The Kier molecular flexibility index (Phi) is 8.47. The van der Waals surface area contributed by atoms with Crippen molar-refractivity contribution in [2.75, 3.05) is 0 Å². The van der Waals surface area contributed by atoms with Crippen molar-refractivity contribution in [2.24, 2.45) is 0 Å². The van der Waals surface area contributed by atoms with Crippen molar-refractivity contribution in [1.82, 2.24) is 20.6 Å². The first-order valence-electron chi connectivity index (χ1n) is 14.0. The van der Waals surface area contributed by atoms with Crippen molar-refractivity contribution in [1.29, 1.82) is 0 Å². The minimum atomic E-state index is -3.88. The Labute approximate surface area is 229 Å². The van der Waals surface area contributed by atoms with E-state index in [0.29, 0.717) is 5.69 Å². The first-order chi connectivity index (χ1) is 18.8. The van der Waals surface area contributed by atoms with Gasteiger partial charge in [0.2, 0.25) is 9.84 Å². The number of rotatable bonds is 5. The van der Waals surface area contributed by atoms with Gasteiger partial charge in [-0.15, -0.1) is 0 Å². The van der Waals surface area contributed by atoms with E-state index in [1.165, 1.54) is 76.3 Å². The van der Waals surface area contributed by atoms with Gasteiger partial charge < -0.3 is 15.6 Å². The summed E-state index contributed by atoms with van der Waals surface area (Å²) in [6.07, 6.45) is 15.8. The lowest BCUT2D eigenvalue weighted by atomic mass is 9.80. The summed E-state index contributed by atoms with van der Waals surface area (Å²) in [6, 6.07) is 9.11. The molecule has 0 atom stereocenters. The van der Waals surface area contributed by atoms with Gasteiger partial charge in [0.15, 0.2) is 0 Å².